The van der Waals surface area contributed by atoms with Gasteiger partial charge in [-0.25, -0.2) is 9.98 Å². The second-order valence-corrected chi connectivity index (χ2v) is 6.12. The van der Waals surface area contributed by atoms with Gasteiger partial charge in [-0.3, -0.25) is 0 Å². The molecule has 3 N–H and O–H groups in total. The molecule has 0 unspecified atom stereocenters. The number of nitrogens with two attached hydrogens (primary N) is 1. The minimum atomic E-state index is 0.418. The van der Waals surface area contributed by atoms with Gasteiger partial charge in [-0.1, -0.05) is 36.4 Å². The summed E-state index contributed by atoms with van der Waals surface area (Å²) in [4.78, 5) is 8.70. The van der Waals surface area contributed by atoms with Gasteiger partial charge in [-0.15, -0.1) is 0 Å². The van der Waals surface area contributed by atoms with E-state index in [1.807, 2.05) is 50.5 Å². The summed E-state index contributed by atoms with van der Waals surface area (Å²) < 4.78 is 2.12. The zero-order valence-electron chi connectivity index (χ0n) is 14.6. The molecule has 0 radical (unpaired) electrons. The Morgan fingerprint density at radius 2 is 1.92 bits per heavy atom. The van der Waals surface area contributed by atoms with E-state index in [0.717, 1.165) is 23.6 Å². The number of aliphatic imine (C=N–C) groups is 1. The lowest BCUT2D eigenvalue weighted by atomic mass is 10.1. The lowest BCUT2D eigenvalue weighted by Gasteiger charge is -2.08. The summed E-state index contributed by atoms with van der Waals surface area (Å²) in [5.74, 6) is 1.43. The van der Waals surface area contributed by atoms with E-state index in [9.17, 15) is 0 Å². The highest BCUT2D eigenvalue weighted by Gasteiger charge is 2.01. The number of hydrogen-bond acceptors (Lipinski definition) is 2. The smallest absolute Gasteiger partial charge is 0.193 e. The first-order chi connectivity index (χ1) is 12.1. The van der Waals surface area contributed by atoms with Gasteiger partial charge in [-0.2, -0.15) is 0 Å². The summed E-state index contributed by atoms with van der Waals surface area (Å²) in [6.07, 6.45) is 3.81. The van der Waals surface area contributed by atoms with Crippen molar-refractivity contribution in [3.05, 3.63) is 83.4 Å². The summed E-state index contributed by atoms with van der Waals surface area (Å²) in [6, 6.07) is 16.4. The van der Waals surface area contributed by atoms with Crippen molar-refractivity contribution in [2.75, 3.05) is 5.32 Å². The average molecular weight is 333 g/mol. The Hall–Kier alpha value is -3.08. The molecule has 1 heterocycles. The van der Waals surface area contributed by atoms with Crippen molar-refractivity contribution in [2.24, 2.45) is 10.7 Å². The van der Waals surface area contributed by atoms with Crippen LogP contribution in [0, 0.1) is 13.8 Å². The molecule has 0 aliphatic carbocycles. The molecule has 0 spiro atoms. The predicted molar refractivity (Wildman–Crippen MR) is 103 cm³/mol. The molecule has 25 heavy (non-hydrogen) atoms. The van der Waals surface area contributed by atoms with Crippen LogP contribution in [-0.4, -0.2) is 15.5 Å². The quantitative estimate of drug-likeness (QED) is 0.555. The van der Waals surface area contributed by atoms with Crippen LogP contribution in [-0.2, 0) is 13.1 Å². The van der Waals surface area contributed by atoms with E-state index in [4.69, 9.17) is 5.73 Å². The summed E-state index contributed by atoms with van der Waals surface area (Å²) >= 11 is 0. The minimum absolute atomic E-state index is 0.418. The SMILES string of the molecule is Cc1cccc(NC(N)=NCc2cccc(Cn3ccnc3C)c2)c1. The zero-order chi connectivity index (χ0) is 17.6. The molecule has 5 heteroatoms. The number of rotatable bonds is 5. The second-order valence-electron chi connectivity index (χ2n) is 6.12. The number of benzene rings is 2. The van der Waals surface area contributed by atoms with Crippen LogP contribution in [0.2, 0.25) is 0 Å². The molecule has 5 nitrogen and oxygen atoms in total. The topological polar surface area (TPSA) is 68.2 Å². The first-order valence-electron chi connectivity index (χ1n) is 8.29. The van der Waals surface area contributed by atoms with E-state index in [1.54, 1.807) is 0 Å². The highest BCUT2D eigenvalue weighted by molar-refractivity contribution is 5.92. The highest BCUT2D eigenvalue weighted by Crippen LogP contribution is 2.11. The Morgan fingerprint density at radius 1 is 1.12 bits per heavy atom. The summed E-state index contributed by atoms with van der Waals surface area (Å²) in [7, 11) is 0. The van der Waals surface area contributed by atoms with Crippen LogP contribution >= 0.6 is 0 Å². The Labute approximate surface area is 148 Å². The van der Waals surface area contributed by atoms with Gasteiger partial charge in [0.05, 0.1) is 6.54 Å². The Bertz CT molecular complexity index is 879. The molecule has 0 aliphatic heterocycles. The Balaban J connectivity index is 1.64. The molecular formula is C20H23N5. The first-order valence-corrected chi connectivity index (χ1v) is 8.29. The standard InChI is InChI=1S/C20H23N5/c1-15-5-3-8-19(11-15)24-20(21)23-13-17-6-4-7-18(12-17)14-25-10-9-22-16(25)2/h3-12H,13-14H2,1-2H3,(H3,21,23,24). The van der Waals surface area contributed by atoms with Gasteiger partial charge >= 0.3 is 0 Å². The van der Waals surface area contributed by atoms with E-state index >= 15 is 0 Å². The maximum Gasteiger partial charge on any atom is 0.193 e. The highest BCUT2D eigenvalue weighted by atomic mass is 15.1. The Kier molecular flexibility index (Phi) is 5.14. The molecule has 0 saturated heterocycles. The van der Waals surface area contributed by atoms with Crippen LogP contribution in [0.4, 0.5) is 5.69 Å². The first kappa shape index (κ1) is 16.8. The third-order valence-electron chi connectivity index (χ3n) is 3.99. The van der Waals surface area contributed by atoms with Crippen LogP contribution in [0.1, 0.15) is 22.5 Å². The largest absolute Gasteiger partial charge is 0.370 e. The number of hydrogen-bond donors (Lipinski definition) is 2. The molecule has 128 valence electrons. The van der Waals surface area contributed by atoms with Crippen molar-refractivity contribution in [2.45, 2.75) is 26.9 Å². The van der Waals surface area contributed by atoms with E-state index < -0.39 is 0 Å². The number of nitrogens with one attached hydrogen (secondary N) is 1. The summed E-state index contributed by atoms with van der Waals surface area (Å²) in [5.41, 5.74) is 10.5. The van der Waals surface area contributed by atoms with E-state index in [-0.39, 0.29) is 0 Å². The van der Waals surface area contributed by atoms with E-state index in [1.165, 1.54) is 11.1 Å². The maximum atomic E-state index is 6.00. The maximum absolute atomic E-state index is 6.00. The van der Waals surface area contributed by atoms with Crippen molar-refractivity contribution in [1.29, 1.82) is 0 Å². The van der Waals surface area contributed by atoms with Gasteiger partial charge in [-0.05, 0) is 42.7 Å². The van der Waals surface area contributed by atoms with Gasteiger partial charge in [0.2, 0.25) is 0 Å². The molecule has 1 aromatic heterocycles. The number of anilines is 1. The van der Waals surface area contributed by atoms with Crippen LogP contribution in [0.5, 0.6) is 0 Å². The van der Waals surface area contributed by atoms with E-state index in [0.29, 0.717) is 12.5 Å². The normalized spacial score (nSPS) is 11.5. The fourth-order valence-corrected chi connectivity index (χ4v) is 2.68. The molecule has 0 atom stereocenters. The summed E-state index contributed by atoms with van der Waals surface area (Å²) in [6.45, 7) is 5.40. The third-order valence-corrected chi connectivity index (χ3v) is 3.99. The number of aryl methyl sites for hydroxylation is 2. The molecule has 0 aliphatic rings. The minimum Gasteiger partial charge on any atom is -0.370 e. The van der Waals surface area contributed by atoms with Gasteiger partial charge in [0.15, 0.2) is 5.96 Å². The molecule has 2 aromatic carbocycles. The predicted octanol–water partition coefficient (Wildman–Crippen LogP) is 3.48. The number of guanidine groups is 1. The lowest BCUT2D eigenvalue weighted by Crippen LogP contribution is -2.22. The van der Waals surface area contributed by atoms with Gasteiger partial charge in [0.25, 0.3) is 0 Å². The van der Waals surface area contributed by atoms with Gasteiger partial charge in [0.1, 0.15) is 5.82 Å². The summed E-state index contributed by atoms with van der Waals surface area (Å²) in [5, 5.41) is 3.13. The number of imidazole rings is 1. The molecule has 0 amide bonds. The third kappa shape index (κ3) is 4.70. The molecule has 0 fully saturated rings. The van der Waals surface area contributed by atoms with Crippen molar-refractivity contribution in [1.82, 2.24) is 9.55 Å². The van der Waals surface area contributed by atoms with Gasteiger partial charge in [0, 0.05) is 24.6 Å². The fourth-order valence-electron chi connectivity index (χ4n) is 2.68. The zero-order valence-corrected chi connectivity index (χ0v) is 14.6. The lowest BCUT2D eigenvalue weighted by molar-refractivity contribution is 0.760. The van der Waals surface area contributed by atoms with Crippen LogP contribution in [0.25, 0.3) is 0 Å². The molecular weight excluding hydrogens is 310 g/mol. The molecule has 0 saturated carbocycles. The van der Waals surface area contributed by atoms with Crippen LogP contribution < -0.4 is 11.1 Å². The van der Waals surface area contributed by atoms with Gasteiger partial charge < -0.3 is 15.6 Å². The van der Waals surface area contributed by atoms with Crippen molar-refractivity contribution in [3.63, 3.8) is 0 Å². The monoisotopic (exact) mass is 333 g/mol. The van der Waals surface area contributed by atoms with Crippen LogP contribution in [0.3, 0.4) is 0 Å². The van der Waals surface area contributed by atoms with Crippen molar-refractivity contribution < 1.29 is 0 Å². The second kappa shape index (κ2) is 7.66. The number of aromatic nitrogens is 2. The molecule has 3 rings (SSSR count). The van der Waals surface area contributed by atoms with Crippen molar-refractivity contribution >= 4 is 11.6 Å². The fraction of sp³-hybridized carbons (Fsp3) is 0.200. The average Bonchev–Trinajstić information content (AvgIpc) is 2.98. The molecule has 3 aromatic rings. The molecule has 0 bridgehead atoms. The Morgan fingerprint density at radius 3 is 2.68 bits per heavy atom. The van der Waals surface area contributed by atoms with E-state index in [2.05, 4.69) is 44.1 Å². The van der Waals surface area contributed by atoms with Crippen LogP contribution in [0.15, 0.2) is 65.9 Å². The number of nitrogens with zero attached hydrogens (tertiary/aromatic N) is 3. The van der Waals surface area contributed by atoms with Crippen molar-refractivity contribution in [3.8, 4) is 0 Å².